The lowest BCUT2D eigenvalue weighted by molar-refractivity contribution is 0.255. The molecular weight excluding hydrogens is 520 g/mol. The zero-order valence-corrected chi connectivity index (χ0v) is 22.7. The summed E-state index contributed by atoms with van der Waals surface area (Å²) in [6.07, 6.45) is 6.98. The van der Waals surface area contributed by atoms with Crippen molar-refractivity contribution in [2.45, 2.75) is 24.7 Å². The highest BCUT2D eigenvalue weighted by molar-refractivity contribution is 7.90. The summed E-state index contributed by atoms with van der Waals surface area (Å²) >= 11 is 6.31. The molecule has 10 heteroatoms. The van der Waals surface area contributed by atoms with Crippen LogP contribution in [0, 0.1) is 6.92 Å². The molecule has 0 amide bonds. The molecule has 1 aliphatic heterocycles. The number of aryl methyl sites for hydroxylation is 2. The van der Waals surface area contributed by atoms with Crippen molar-refractivity contribution < 1.29 is 8.42 Å². The normalized spacial score (nSPS) is 15.1. The number of fused-ring (bicyclic) bond motifs is 2. The average molecular weight is 549 g/mol. The van der Waals surface area contributed by atoms with Crippen molar-refractivity contribution in [3.05, 3.63) is 83.4 Å². The minimum absolute atomic E-state index is 0.277. The van der Waals surface area contributed by atoms with Gasteiger partial charge in [-0.3, -0.25) is 4.90 Å². The number of H-pyrrole nitrogens is 1. The fraction of sp³-hybridized carbons (Fsp3) is 0.286. The van der Waals surface area contributed by atoms with Gasteiger partial charge in [-0.1, -0.05) is 29.3 Å². The van der Waals surface area contributed by atoms with E-state index in [9.17, 15) is 8.42 Å². The lowest BCUT2D eigenvalue weighted by Gasteiger charge is -2.35. The first-order chi connectivity index (χ1) is 18.4. The molecule has 8 nitrogen and oxygen atoms in total. The van der Waals surface area contributed by atoms with Crippen molar-refractivity contribution in [3.63, 3.8) is 0 Å². The van der Waals surface area contributed by atoms with E-state index >= 15 is 0 Å². The number of rotatable bonds is 7. The molecule has 1 aliphatic rings. The Morgan fingerprint density at radius 2 is 1.79 bits per heavy atom. The van der Waals surface area contributed by atoms with Gasteiger partial charge in [-0.05, 0) is 68.3 Å². The van der Waals surface area contributed by atoms with Gasteiger partial charge in [-0.15, -0.1) is 0 Å². The molecule has 196 valence electrons. The second-order valence-corrected chi connectivity index (χ2v) is 12.0. The largest absolute Gasteiger partial charge is 0.357 e. The van der Waals surface area contributed by atoms with Crippen LogP contribution < -0.4 is 4.90 Å². The molecule has 0 radical (unpaired) electrons. The summed E-state index contributed by atoms with van der Waals surface area (Å²) in [6.45, 7) is 6.57. The number of aromatic nitrogens is 4. The smallest absolute Gasteiger partial charge is 0.268 e. The predicted molar refractivity (Wildman–Crippen MR) is 152 cm³/mol. The molecule has 0 saturated carbocycles. The highest BCUT2D eigenvalue weighted by Crippen LogP contribution is 2.30. The molecule has 0 atom stereocenters. The Morgan fingerprint density at radius 1 is 1.00 bits per heavy atom. The molecule has 5 aromatic rings. The molecular formula is C28H29ClN6O2S. The van der Waals surface area contributed by atoms with Crippen LogP contribution in [0.4, 0.5) is 5.82 Å². The van der Waals surface area contributed by atoms with Gasteiger partial charge in [0.1, 0.15) is 11.8 Å². The van der Waals surface area contributed by atoms with Crippen molar-refractivity contribution >= 4 is 49.4 Å². The fourth-order valence-corrected chi connectivity index (χ4v) is 6.80. The van der Waals surface area contributed by atoms with E-state index in [1.54, 1.807) is 36.8 Å². The average Bonchev–Trinajstić information content (AvgIpc) is 3.54. The minimum atomic E-state index is -3.72. The molecule has 0 aliphatic carbocycles. The van der Waals surface area contributed by atoms with Crippen LogP contribution in [-0.2, 0) is 16.4 Å². The van der Waals surface area contributed by atoms with Crippen LogP contribution in [0.15, 0.2) is 72.1 Å². The molecule has 2 aromatic carbocycles. The molecule has 0 unspecified atom stereocenters. The van der Waals surface area contributed by atoms with E-state index in [0.29, 0.717) is 10.5 Å². The van der Waals surface area contributed by atoms with E-state index in [2.05, 4.69) is 24.8 Å². The maximum absolute atomic E-state index is 13.5. The molecule has 3 aromatic heterocycles. The van der Waals surface area contributed by atoms with Gasteiger partial charge in [-0.25, -0.2) is 22.4 Å². The summed E-state index contributed by atoms with van der Waals surface area (Å²) in [5, 5.41) is 1.48. The van der Waals surface area contributed by atoms with E-state index in [4.69, 9.17) is 11.6 Å². The number of hydrogen-bond acceptors (Lipinski definition) is 6. The third kappa shape index (κ3) is 4.66. The second kappa shape index (κ2) is 10.1. The predicted octanol–water partition coefficient (Wildman–Crippen LogP) is 4.87. The Kier molecular flexibility index (Phi) is 6.59. The minimum Gasteiger partial charge on any atom is -0.357 e. The topological polar surface area (TPSA) is 87.1 Å². The van der Waals surface area contributed by atoms with Crippen molar-refractivity contribution in [2.75, 3.05) is 37.6 Å². The number of hydrogen-bond donors (Lipinski definition) is 1. The standard InChI is InChI=1S/C28H29ClN6O2S/c1-20-4-7-23(8-5-20)38(36,37)35-18-21(24-17-22(29)6-9-26(24)35)3-2-12-33-13-15-34(16-14-33)28-27-25(10-11-30-27)31-19-32-28/h4-11,17-19,30H,2-3,12-16H2,1H3. The lowest BCUT2D eigenvalue weighted by Crippen LogP contribution is -2.47. The zero-order chi connectivity index (χ0) is 26.3. The molecule has 4 heterocycles. The molecule has 6 rings (SSSR count). The number of nitrogens with one attached hydrogen (secondary N) is 1. The summed E-state index contributed by atoms with van der Waals surface area (Å²) < 4.78 is 28.4. The van der Waals surface area contributed by atoms with Crippen molar-refractivity contribution in [1.29, 1.82) is 0 Å². The van der Waals surface area contributed by atoms with Gasteiger partial charge in [0.25, 0.3) is 10.0 Å². The summed E-state index contributed by atoms with van der Waals surface area (Å²) in [5.41, 5.74) is 4.58. The van der Waals surface area contributed by atoms with Crippen LogP contribution in [0.25, 0.3) is 21.9 Å². The van der Waals surface area contributed by atoms with Gasteiger partial charge in [0, 0.05) is 49.0 Å². The van der Waals surface area contributed by atoms with E-state index in [1.165, 1.54) is 3.97 Å². The monoisotopic (exact) mass is 548 g/mol. The van der Waals surface area contributed by atoms with Crippen LogP contribution in [0.1, 0.15) is 17.5 Å². The first kappa shape index (κ1) is 24.9. The van der Waals surface area contributed by atoms with Crippen LogP contribution >= 0.6 is 11.6 Å². The van der Waals surface area contributed by atoms with Gasteiger partial charge >= 0.3 is 0 Å². The third-order valence-electron chi connectivity index (χ3n) is 7.31. The van der Waals surface area contributed by atoms with Gasteiger partial charge in [0.2, 0.25) is 0 Å². The molecule has 0 spiro atoms. The fourth-order valence-electron chi connectivity index (χ4n) is 5.23. The zero-order valence-electron chi connectivity index (χ0n) is 21.1. The number of benzene rings is 2. The van der Waals surface area contributed by atoms with Gasteiger partial charge < -0.3 is 9.88 Å². The molecule has 1 N–H and O–H groups in total. The second-order valence-electron chi connectivity index (χ2n) is 9.80. The third-order valence-corrected chi connectivity index (χ3v) is 9.23. The van der Waals surface area contributed by atoms with E-state index < -0.39 is 10.0 Å². The van der Waals surface area contributed by atoms with Crippen LogP contribution in [0.3, 0.4) is 0 Å². The summed E-state index contributed by atoms with van der Waals surface area (Å²) in [5.74, 6) is 0.958. The Bertz CT molecular complexity index is 1700. The summed E-state index contributed by atoms with van der Waals surface area (Å²) in [4.78, 5) is 17.1. The van der Waals surface area contributed by atoms with Gasteiger partial charge in [0.05, 0.1) is 15.9 Å². The molecule has 38 heavy (non-hydrogen) atoms. The Balaban J connectivity index is 1.15. The highest BCUT2D eigenvalue weighted by Gasteiger charge is 2.23. The van der Waals surface area contributed by atoms with Crippen molar-refractivity contribution in [3.8, 4) is 0 Å². The number of nitrogens with zero attached hydrogens (tertiary/aromatic N) is 5. The van der Waals surface area contributed by atoms with Crippen LogP contribution in [-0.4, -0.2) is 65.0 Å². The van der Waals surface area contributed by atoms with Crippen molar-refractivity contribution in [2.24, 2.45) is 0 Å². The first-order valence-corrected chi connectivity index (χ1v) is 14.6. The number of aromatic amines is 1. The van der Waals surface area contributed by atoms with E-state index in [1.807, 2.05) is 37.4 Å². The number of anilines is 1. The Hall–Kier alpha value is -3.40. The summed E-state index contributed by atoms with van der Waals surface area (Å²) in [7, 11) is -3.72. The maximum Gasteiger partial charge on any atom is 0.268 e. The highest BCUT2D eigenvalue weighted by atomic mass is 35.5. The number of halogens is 1. The lowest BCUT2D eigenvalue weighted by atomic mass is 10.1. The van der Waals surface area contributed by atoms with Gasteiger partial charge in [0.15, 0.2) is 5.82 Å². The van der Waals surface area contributed by atoms with E-state index in [0.717, 1.165) is 78.9 Å². The number of piperazine rings is 1. The van der Waals surface area contributed by atoms with Gasteiger partial charge in [-0.2, -0.15) is 0 Å². The quantitative estimate of drug-likeness (QED) is 0.312. The van der Waals surface area contributed by atoms with Crippen LogP contribution in [0.2, 0.25) is 5.02 Å². The Morgan fingerprint density at radius 3 is 2.58 bits per heavy atom. The molecule has 0 bridgehead atoms. The van der Waals surface area contributed by atoms with Crippen molar-refractivity contribution in [1.82, 2.24) is 23.8 Å². The Labute approximate surface area is 226 Å². The van der Waals surface area contributed by atoms with Crippen LogP contribution in [0.5, 0.6) is 0 Å². The first-order valence-electron chi connectivity index (χ1n) is 12.8. The van der Waals surface area contributed by atoms with E-state index in [-0.39, 0.29) is 4.90 Å². The SMILES string of the molecule is Cc1ccc(S(=O)(=O)n2cc(CCCN3CCN(c4ncnc5cc[nH]c45)CC3)c3cc(Cl)ccc32)cc1. The molecule has 1 saturated heterocycles. The summed E-state index contributed by atoms with van der Waals surface area (Å²) in [6, 6.07) is 14.3. The molecule has 1 fully saturated rings. The maximum atomic E-state index is 13.5.